The van der Waals surface area contributed by atoms with E-state index < -0.39 is 0 Å². The molecule has 0 atom stereocenters. The second-order valence-corrected chi connectivity index (χ2v) is 5.66. The summed E-state index contributed by atoms with van der Waals surface area (Å²) in [5, 5.41) is 4.97. The molecule has 0 unspecified atom stereocenters. The van der Waals surface area contributed by atoms with Crippen LogP contribution in [0.5, 0.6) is 5.75 Å². The number of rotatable bonds is 5. The molecule has 2 N–H and O–H groups in total. The molecule has 0 saturated heterocycles. The highest BCUT2D eigenvalue weighted by Gasteiger charge is 2.10. The largest absolute Gasteiger partial charge is 0.483 e. The maximum absolute atomic E-state index is 5.95. The second-order valence-electron chi connectivity index (χ2n) is 4.85. The summed E-state index contributed by atoms with van der Waals surface area (Å²) in [6.45, 7) is 5.29. The molecule has 108 valence electrons. The van der Waals surface area contributed by atoms with Crippen molar-refractivity contribution in [3.8, 4) is 5.75 Å². The zero-order chi connectivity index (χ0) is 14.7. The summed E-state index contributed by atoms with van der Waals surface area (Å²) in [4.78, 5) is 4.18. The van der Waals surface area contributed by atoms with Gasteiger partial charge in [0.05, 0.1) is 15.7 Å². The number of nitrogens with zero attached hydrogens (tertiary/aromatic N) is 3. The van der Waals surface area contributed by atoms with E-state index in [1.54, 1.807) is 12.1 Å². The number of nitrogens with two attached hydrogens (primary N) is 1. The van der Waals surface area contributed by atoms with Crippen molar-refractivity contribution in [3.63, 3.8) is 0 Å². The van der Waals surface area contributed by atoms with E-state index in [0.717, 1.165) is 12.4 Å². The maximum Gasteiger partial charge on any atom is 0.164 e. The van der Waals surface area contributed by atoms with Gasteiger partial charge in [0.25, 0.3) is 0 Å². The van der Waals surface area contributed by atoms with Gasteiger partial charge in [-0.1, -0.05) is 37.0 Å². The van der Waals surface area contributed by atoms with Crippen LogP contribution in [0.15, 0.2) is 18.5 Å². The fourth-order valence-electron chi connectivity index (χ4n) is 1.71. The zero-order valence-corrected chi connectivity index (χ0v) is 12.8. The molecule has 0 aliphatic heterocycles. The van der Waals surface area contributed by atoms with Crippen LogP contribution in [0.3, 0.4) is 0 Å². The third-order valence-corrected chi connectivity index (χ3v) is 3.37. The van der Waals surface area contributed by atoms with Gasteiger partial charge in [0.1, 0.15) is 18.7 Å². The standard InChI is InChI=1S/C13H16Cl2N4O/c1-8(2)5-19-13(17-7-18-19)6-20-12-4-10(15)9(14)3-11(12)16/h3-4,7-8H,5-6,16H2,1-2H3. The lowest BCUT2D eigenvalue weighted by molar-refractivity contribution is 0.284. The molecular weight excluding hydrogens is 299 g/mol. The van der Waals surface area contributed by atoms with Gasteiger partial charge in [-0.05, 0) is 12.0 Å². The Bertz CT molecular complexity index is 598. The van der Waals surface area contributed by atoms with Gasteiger partial charge in [-0.25, -0.2) is 9.67 Å². The number of nitrogen functional groups attached to an aromatic ring is 1. The molecule has 7 heteroatoms. The Hall–Kier alpha value is -1.46. The molecule has 0 amide bonds. The molecule has 1 heterocycles. The van der Waals surface area contributed by atoms with E-state index in [0.29, 0.717) is 27.4 Å². The lowest BCUT2D eigenvalue weighted by atomic mass is 10.2. The number of ether oxygens (including phenoxy) is 1. The minimum Gasteiger partial charge on any atom is -0.483 e. The summed E-state index contributed by atoms with van der Waals surface area (Å²) in [5.41, 5.74) is 6.28. The molecule has 0 aliphatic carbocycles. The van der Waals surface area contributed by atoms with Crippen LogP contribution < -0.4 is 10.5 Å². The minimum absolute atomic E-state index is 0.273. The van der Waals surface area contributed by atoms with Crippen LogP contribution in [0, 0.1) is 5.92 Å². The van der Waals surface area contributed by atoms with Gasteiger partial charge in [-0.15, -0.1) is 0 Å². The summed E-state index contributed by atoms with van der Waals surface area (Å²) in [6.07, 6.45) is 1.51. The summed E-state index contributed by atoms with van der Waals surface area (Å²) in [7, 11) is 0. The quantitative estimate of drug-likeness (QED) is 0.859. The number of anilines is 1. The van der Waals surface area contributed by atoms with Gasteiger partial charge in [0.2, 0.25) is 0 Å². The number of aromatic nitrogens is 3. The zero-order valence-electron chi connectivity index (χ0n) is 11.3. The fraction of sp³-hybridized carbons (Fsp3) is 0.385. The van der Waals surface area contributed by atoms with Gasteiger partial charge < -0.3 is 10.5 Å². The highest BCUT2D eigenvalue weighted by Crippen LogP contribution is 2.32. The Labute approximate surface area is 127 Å². The minimum atomic E-state index is 0.273. The summed E-state index contributed by atoms with van der Waals surface area (Å²) < 4.78 is 7.47. The first-order valence-electron chi connectivity index (χ1n) is 6.21. The Morgan fingerprint density at radius 2 is 2.00 bits per heavy atom. The average Bonchev–Trinajstić information content (AvgIpc) is 2.79. The summed E-state index contributed by atoms with van der Waals surface area (Å²) >= 11 is 11.8. The van der Waals surface area contributed by atoms with E-state index >= 15 is 0 Å². The van der Waals surface area contributed by atoms with Crippen molar-refractivity contribution in [1.29, 1.82) is 0 Å². The highest BCUT2D eigenvalue weighted by atomic mass is 35.5. The van der Waals surface area contributed by atoms with Gasteiger partial charge in [-0.3, -0.25) is 0 Å². The van der Waals surface area contributed by atoms with Crippen LogP contribution in [0.2, 0.25) is 10.0 Å². The first-order valence-corrected chi connectivity index (χ1v) is 6.97. The van der Waals surface area contributed by atoms with E-state index in [2.05, 4.69) is 23.9 Å². The van der Waals surface area contributed by atoms with Crippen molar-refractivity contribution in [1.82, 2.24) is 14.8 Å². The van der Waals surface area contributed by atoms with Gasteiger partial charge >= 0.3 is 0 Å². The Morgan fingerprint density at radius 1 is 1.30 bits per heavy atom. The van der Waals surface area contributed by atoms with Crippen molar-refractivity contribution in [2.45, 2.75) is 27.0 Å². The van der Waals surface area contributed by atoms with Crippen LogP contribution in [-0.4, -0.2) is 14.8 Å². The molecule has 20 heavy (non-hydrogen) atoms. The number of hydrogen-bond acceptors (Lipinski definition) is 4. The van der Waals surface area contributed by atoms with E-state index in [1.165, 1.54) is 6.33 Å². The molecule has 2 rings (SSSR count). The van der Waals surface area contributed by atoms with Crippen molar-refractivity contribution in [2.75, 3.05) is 5.73 Å². The monoisotopic (exact) mass is 314 g/mol. The van der Waals surface area contributed by atoms with Crippen LogP contribution in [0.4, 0.5) is 5.69 Å². The molecule has 0 spiro atoms. The molecule has 2 aromatic rings. The van der Waals surface area contributed by atoms with Crippen LogP contribution in [0.25, 0.3) is 0 Å². The van der Waals surface area contributed by atoms with Crippen molar-refractivity contribution in [2.24, 2.45) is 5.92 Å². The Balaban J connectivity index is 2.09. The predicted octanol–water partition coefficient (Wildman–Crippen LogP) is 3.40. The van der Waals surface area contributed by atoms with E-state index in [9.17, 15) is 0 Å². The van der Waals surface area contributed by atoms with E-state index in [4.69, 9.17) is 33.7 Å². The normalized spacial score (nSPS) is 11.1. The maximum atomic E-state index is 5.95. The Kier molecular flexibility index (Phi) is 4.73. The Morgan fingerprint density at radius 3 is 2.70 bits per heavy atom. The fourth-order valence-corrected chi connectivity index (χ4v) is 2.04. The highest BCUT2D eigenvalue weighted by molar-refractivity contribution is 6.42. The molecule has 0 bridgehead atoms. The smallest absolute Gasteiger partial charge is 0.164 e. The van der Waals surface area contributed by atoms with Crippen molar-refractivity contribution >= 4 is 28.9 Å². The van der Waals surface area contributed by atoms with Crippen molar-refractivity contribution < 1.29 is 4.74 Å². The molecule has 0 radical (unpaired) electrons. The predicted molar refractivity (Wildman–Crippen MR) is 80.1 cm³/mol. The lowest BCUT2D eigenvalue weighted by Gasteiger charge is -2.11. The van der Waals surface area contributed by atoms with Crippen LogP contribution in [0.1, 0.15) is 19.7 Å². The van der Waals surface area contributed by atoms with Gasteiger partial charge in [0.15, 0.2) is 5.82 Å². The molecule has 5 nitrogen and oxygen atoms in total. The molecule has 0 fully saturated rings. The first-order chi connectivity index (χ1) is 9.47. The second kappa shape index (κ2) is 6.33. The van der Waals surface area contributed by atoms with Crippen molar-refractivity contribution in [3.05, 3.63) is 34.3 Å². The lowest BCUT2D eigenvalue weighted by Crippen LogP contribution is -2.12. The molecule has 0 saturated carbocycles. The summed E-state index contributed by atoms with van der Waals surface area (Å²) in [5.74, 6) is 1.70. The van der Waals surface area contributed by atoms with Gasteiger partial charge in [-0.2, -0.15) is 5.10 Å². The molecular formula is C13H16Cl2N4O. The van der Waals surface area contributed by atoms with E-state index in [-0.39, 0.29) is 6.61 Å². The molecule has 0 aliphatic rings. The van der Waals surface area contributed by atoms with Crippen LogP contribution in [-0.2, 0) is 13.2 Å². The van der Waals surface area contributed by atoms with Crippen LogP contribution >= 0.6 is 23.2 Å². The van der Waals surface area contributed by atoms with Gasteiger partial charge in [0, 0.05) is 12.6 Å². The number of halogens is 2. The number of benzene rings is 1. The SMILES string of the molecule is CC(C)Cn1ncnc1COc1cc(Cl)c(Cl)cc1N. The average molecular weight is 315 g/mol. The third-order valence-electron chi connectivity index (χ3n) is 2.64. The topological polar surface area (TPSA) is 66.0 Å². The molecule has 1 aromatic carbocycles. The summed E-state index contributed by atoms with van der Waals surface area (Å²) in [6, 6.07) is 3.17. The number of hydrogen-bond donors (Lipinski definition) is 1. The van der Waals surface area contributed by atoms with E-state index in [1.807, 2.05) is 4.68 Å². The first kappa shape index (κ1) is 14.9. The molecule has 1 aromatic heterocycles. The third kappa shape index (κ3) is 3.55.